The SMILES string of the molecule is COCCCOc1cc(C(=O)N(C[C@@H]2CNC[C@H]2CN(C(=O)[C@@H]2COc3ccccc3O2)C2CC2)C(C)C)ccc1OC. The van der Waals surface area contributed by atoms with Crippen LogP contribution in [0.2, 0.25) is 0 Å². The van der Waals surface area contributed by atoms with Gasteiger partial charge in [-0.05, 0) is 68.9 Å². The standard InChI is InChI=1S/C33H45N3O7/c1-22(2)35(32(37)23-10-13-27(40-4)30(16-23)41-15-7-14-39-3)19-24-17-34-18-25(24)20-36(26-11-12-26)33(38)31-21-42-28-8-5-6-9-29(28)43-31/h5-6,8-10,13,16,22,24-26,31,34H,7,11-12,14-15,17-21H2,1-4H3/t24-,25-,31-/m0/s1. The van der Waals surface area contributed by atoms with E-state index in [4.69, 9.17) is 23.7 Å². The molecule has 43 heavy (non-hydrogen) atoms. The molecule has 0 spiro atoms. The highest BCUT2D eigenvalue weighted by Gasteiger charge is 2.42. The number of ether oxygens (including phenoxy) is 5. The molecule has 0 unspecified atom stereocenters. The molecule has 3 atom stereocenters. The van der Waals surface area contributed by atoms with E-state index in [9.17, 15) is 9.59 Å². The van der Waals surface area contributed by atoms with Gasteiger partial charge < -0.3 is 38.8 Å². The van der Waals surface area contributed by atoms with Crippen molar-refractivity contribution in [2.45, 2.75) is 51.3 Å². The maximum Gasteiger partial charge on any atom is 0.267 e. The Bertz CT molecular complexity index is 1250. The van der Waals surface area contributed by atoms with Crippen LogP contribution < -0.4 is 24.3 Å². The molecule has 2 aromatic carbocycles. The molecule has 0 bridgehead atoms. The number of hydrogen-bond donors (Lipinski definition) is 1. The molecule has 2 heterocycles. The minimum atomic E-state index is -0.655. The Labute approximate surface area is 254 Å². The fraction of sp³-hybridized carbons (Fsp3) is 0.576. The van der Waals surface area contributed by atoms with Crippen molar-refractivity contribution in [1.82, 2.24) is 15.1 Å². The fourth-order valence-electron chi connectivity index (χ4n) is 5.85. The van der Waals surface area contributed by atoms with Gasteiger partial charge >= 0.3 is 0 Å². The van der Waals surface area contributed by atoms with Crippen molar-refractivity contribution >= 4 is 11.8 Å². The van der Waals surface area contributed by atoms with Crippen LogP contribution in [0, 0.1) is 11.8 Å². The molecule has 2 amide bonds. The Kier molecular flexibility index (Phi) is 10.3. The van der Waals surface area contributed by atoms with Crippen LogP contribution in [0.1, 0.15) is 43.5 Å². The van der Waals surface area contributed by atoms with Crippen LogP contribution in [0.25, 0.3) is 0 Å². The summed E-state index contributed by atoms with van der Waals surface area (Å²) in [4.78, 5) is 31.5. The summed E-state index contributed by atoms with van der Waals surface area (Å²) < 4.78 is 28.4. The first-order valence-corrected chi connectivity index (χ1v) is 15.4. The lowest BCUT2D eigenvalue weighted by Crippen LogP contribution is -2.50. The number of para-hydroxylation sites is 2. The predicted molar refractivity (Wildman–Crippen MR) is 162 cm³/mol. The average molecular weight is 596 g/mol. The number of amides is 2. The van der Waals surface area contributed by atoms with E-state index in [1.54, 1.807) is 32.4 Å². The molecule has 1 aliphatic carbocycles. The Morgan fingerprint density at radius 3 is 2.42 bits per heavy atom. The molecule has 10 nitrogen and oxygen atoms in total. The lowest BCUT2D eigenvalue weighted by molar-refractivity contribution is -0.142. The second-order valence-corrected chi connectivity index (χ2v) is 11.9. The highest BCUT2D eigenvalue weighted by atomic mass is 16.6. The Balaban J connectivity index is 1.25. The highest BCUT2D eigenvalue weighted by Crippen LogP contribution is 2.35. The van der Waals surface area contributed by atoms with Crippen LogP contribution in [-0.4, -0.2) is 100 Å². The van der Waals surface area contributed by atoms with Gasteiger partial charge in [0.05, 0.1) is 13.7 Å². The van der Waals surface area contributed by atoms with Gasteiger partial charge in [-0.3, -0.25) is 9.59 Å². The summed E-state index contributed by atoms with van der Waals surface area (Å²) in [5.74, 6) is 2.76. The van der Waals surface area contributed by atoms with Crippen LogP contribution >= 0.6 is 0 Å². The molecule has 3 aliphatic rings. The summed E-state index contributed by atoms with van der Waals surface area (Å²) >= 11 is 0. The predicted octanol–water partition coefficient (Wildman–Crippen LogP) is 3.63. The number of fused-ring (bicyclic) bond motifs is 1. The van der Waals surface area contributed by atoms with E-state index < -0.39 is 6.10 Å². The Hall–Kier alpha value is -3.50. The van der Waals surface area contributed by atoms with Crippen molar-refractivity contribution in [3.05, 3.63) is 48.0 Å². The molecule has 1 N–H and O–H groups in total. The molecule has 2 aromatic rings. The van der Waals surface area contributed by atoms with E-state index in [1.165, 1.54) is 0 Å². The van der Waals surface area contributed by atoms with Crippen molar-refractivity contribution in [2.75, 3.05) is 60.2 Å². The lowest BCUT2D eigenvalue weighted by Gasteiger charge is -2.35. The first-order chi connectivity index (χ1) is 20.9. The third-order valence-corrected chi connectivity index (χ3v) is 8.44. The largest absolute Gasteiger partial charge is 0.493 e. The summed E-state index contributed by atoms with van der Waals surface area (Å²) in [5.41, 5.74) is 0.559. The number of carbonyl (C=O) groups is 2. The molecule has 234 valence electrons. The van der Waals surface area contributed by atoms with E-state index in [1.807, 2.05) is 47.9 Å². The van der Waals surface area contributed by atoms with E-state index in [0.29, 0.717) is 54.9 Å². The van der Waals surface area contributed by atoms with Crippen LogP contribution in [0.3, 0.4) is 0 Å². The fourth-order valence-corrected chi connectivity index (χ4v) is 5.85. The topological polar surface area (TPSA) is 98.8 Å². The Morgan fingerprint density at radius 2 is 1.72 bits per heavy atom. The van der Waals surface area contributed by atoms with E-state index in [0.717, 1.165) is 32.4 Å². The smallest absolute Gasteiger partial charge is 0.267 e. The second kappa shape index (κ2) is 14.3. The number of nitrogens with one attached hydrogen (secondary N) is 1. The van der Waals surface area contributed by atoms with Gasteiger partial charge in [-0.2, -0.15) is 0 Å². The third-order valence-electron chi connectivity index (χ3n) is 8.44. The zero-order chi connectivity index (χ0) is 30.3. The van der Waals surface area contributed by atoms with Gasteiger partial charge in [0.15, 0.2) is 23.0 Å². The van der Waals surface area contributed by atoms with Crippen molar-refractivity contribution in [1.29, 1.82) is 0 Å². The number of carbonyl (C=O) groups excluding carboxylic acids is 2. The van der Waals surface area contributed by atoms with Gasteiger partial charge in [0, 0.05) is 64.0 Å². The average Bonchev–Trinajstić information content (AvgIpc) is 3.78. The molecular weight excluding hydrogens is 550 g/mol. The van der Waals surface area contributed by atoms with Crippen LogP contribution in [-0.2, 0) is 9.53 Å². The van der Waals surface area contributed by atoms with Gasteiger partial charge in [-0.1, -0.05) is 12.1 Å². The summed E-state index contributed by atoms with van der Waals surface area (Å²) in [5, 5.41) is 3.52. The number of methoxy groups -OCH3 is 2. The van der Waals surface area contributed by atoms with Crippen molar-refractivity contribution in [3.63, 3.8) is 0 Å². The maximum absolute atomic E-state index is 13.9. The van der Waals surface area contributed by atoms with Gasteiger partial charge in [0.25, 0.3) is 11.8 Å². The molecule has 2 fully saturated rings. The third kappa shape index (κ3) is 7.54. The molecule has 2 aliphatic heterocycles. The zero-order valence-electron chi connectivity index (χ0n) is 25.8. The van der Waals surface area contributed by atoms with E-state index in [-0.39, 0.29) is 42.3 Å². The normalized spacial score (nSPS) is 21.0. The second-order valence-electron chi connectivity index (χ2n) is 11.9. The van der Waals surface area contributed by atoms with Crippen molar-refractivity contribution < 1.29 is 33.3 Å². The summed E-state index contributed by atoms with van der Waals surface area (Å²) in [6, 6.07) is 13.0. The highest BCUT2D eigenvalue weighted by molar-refractivity contribution is 5.95. The van der Waals surface area contributed by atoms with Gasteiger partial charge in [0.1, 0.15) is 6.61 Å². The Morgan fingerprint density at radius 1 is 0.977 bits per heavy atom. The first kappa shape index (κ1) is 30.9. The minimum absolute atomic E-state index is 0.00375. The molecule has 0 radical (unpaired) electrons. The van der Waals surface area contributed by atoms with E-state index >= 15 is 0 Å². The van der Waals surface area contributed by atoms with Gasteiger partial charge in [-0.25, -0.2) is 0 Å². The minimum Gasteiger partial charge on any atom is -0.493 e. The first-order valence-electron chi connectivity index (χ1n) is 15.4. The van der Waals surface area contributed by atoms with E-state index in [2.05, 4.69) is 5.32 Å². The zero-order valence-corrected chi connectivity index (χ0v) is 25.8. The quantitative estimate of drug-likeness (QED) is 0.331. The van der Waals surface area contributed by atoms with Gasteiger partial charge in [-0.15, -0.1) is 0 Å². The number of hydrogen-bond acceptors (Lipinski definition) is 8. The number of nitrogens with zero attached hydrogens (tertiary/aromatic N) is 2. The molecule has 5 rings (SSSR count). The molecule has 1 saturated carbocycles. The van der Waals surface area contributed by atoms with Gasteiger partial charge in [0.2, 0.25) is 6.10 Å². The van der Waals surface area contributed by atoms with Crippen molar-refractivity contribution in [3.8, 4) is 23.0 Å². The van der Waals surface area contributed by atoms with Crippen LogP contribution in [0.5, 0.6) is 23.0 Å². The van der Waals surface area contributed by atoms with Crippen molar-refractivity contribution in [2.24, 2.45) is 11.8 Å². The summed E-state index contributed by atoms with van der Waals surface area (Å²) in [6.07, 6.45) is 2.09. The lowest BCUT2D eigenvalue weighted by atomic mass is 9.93. The number of rotatable bonds is 14. The van der Waals surface area contributed by atoms with Crippen LogP contribution in [0.4, 0.5) is 0 Å². The van der Waals surface area contributed by atoms with Crippen LogP contribution in [0.15, 0.2) is 42.5 Å². The molecule has 10 heteroatoms. The molecular formula is C33H45N3O7. The molecule has 1 saturated heterocycles. The summed E-state index contributed by atoms with van der Waals surface area (Å²) in [7, 11) is 3.25. The maximum atomic E-state index is 13.9. The summed E-state index contributed by atoms with van der Waals surface area (Å²) in [6.45, 7) is 8.16. The monoisotopic (exact) mass is 595 g/mol. The molecule has 0 aromatic heterocycles. The number of benzene rings is 2.